The zero-order chi connectivity index (χ0) is 14.6. The largest absolute Gasteiger partial charge is 0.343 e. The van der Waals surface area contributed by atoms with Crippen LogP contribution in [0.5, 0.6) is 0 Å². The molecule has 0 aliphatic carbocycles. The molecule has 1 saturated heterocycles. The Morgan fingerprint density at radius 2 is 2.25 bits per heavy atom. The number of nitrogens with zero attached hydrogens (tertiary/aromatic N) is 2. The molecule has 1 aromatic heterocycles. The summed E-state index contributed by atoms with van der Waals surface area (Å²) in [5.74, 6) is 0.142. The van der Waals surface area contributed by atoms with Crippen molar-refractivity contribution in [2.75, 3.05) is 19.6 Å². The van der Waals surface area contributed by atoms with Gasteiger partial charge in [0.05, 0.1) is 0 Å². The first kappa shape index (κ1) is 15.2. The number of likely N-dealkylation sites (tertiary alicyclic amines) is 1. The van der Waals surface area contributed by atoms with Crippen LogP contribution in [0.25, 0.3) is 0 Å². The summed E-state index contributed by atoms with van der Waals surface area (Å²) >= 11 is 5.76. The molecule has 20 heavy (non-hydrogen) atoms. The molecule has 1 aliphatic heterocycles. The number of pyridine rings is 1. The lowest BCUT2D eigenvalue weighted by molar-refractivity contribution is -0.127. The van der Waals surface area contributed by atoms with E-state index in [1.165, 1.54) is 18.3 Å². The molecule has 0 saturated carbocycles. The molecule has 0 bridgehead atoms. The van der Waals surface area contributed by atoms with Gasteiger partial charge in [-0.3, -0.25) is 4.79 Å². The zero-order valence-electron chi connectivity index (χ0n) is 10.9. The predicted octanol–water partition coefficient (Wildman–Crippen LogP) is 1.03. The van der Waals surface area contributed by atoms with E-state index in [-0.39, 0.29) is 22.5 Å². The molecule has 0 atom stereocenters. The molecule has 0 radical (unpaired) electrons. The van der Waals surface area contributed by atoms with Crippen LogP contribution in [0.2, 0.25) is 5.15 Å². The van der Waals surface area contributed by atoms with Crippen molar-refractivity contribution in [3.8, 4) is 0 Å². The Hall–Kier alpha value is -1.18. The van der Waals surface area contributed by atoms with Crippen LogP contribution in [0.4, 0.5) is 0 Å². The first-order chi connectivity index (χ1) is 9.50. The third kappa shape index (κ3) is 3.68. The highest BCUT2D eigenvalue weighted by atomic mass is 35.5. The smallest absolute Gasteiger partial charge is 0.243 e. The molecule has 2 rings (SSSR count). The molecule has 0 unspecified atom stereocenters. The summed E-state index contributed by atoms with van der Waals surface area (Å²) in [7, 11) is -3.65. The maximum absolute atomic E-state index is 12.0. The van der Waals surface area contributed by atoms with Gasteiger partial charge >= 0.3 is 0 Å². The number of aromatic nitrogens is 1. The first-order valence-corrected chi connectivity index (χ1v) is 8.25. The van der Waals surface area contributed by atoms with Crippen molar-refractivity contribution in [3.05, 3.63) is 23.5 Å². The van der Waals surface area contributed by atoms with Gasteiger partial charge in [0.15, 0.2) is 0 Å². The Bertz CT molecular complexity index is 591. The van der Waals surface area contributed by atoms with Crippen LogP contribution in [0, 0.1) is 0 Å². The number of halogens is 1. The van der Waals surface area contributed by atoms with E-state index < -0.39 is 10.0 Å². The zero-order valence-corrected chi connectivity index (χ0v) is 12.5. The van der Waals surface area contributed by atoms with E-state index in [1.54, 1.807) is 4.90 Å². The molecule has 1 N–H and O–H groups in total. The molecule has 110 valence electrons. The number of carbonyl (C=O) groups excluding carboxylic acids is 1. The van der Waals surface area contributed by atoms with Crippen molar-refractivity contribution in [3.63, 3.8) is 0 Å². The lowest BCUT2D eigenvalue weighted by Gasteiger charge is -2.15. The molecule has 1 amide bonds. The molecule has 1 aromatic rings. The van der Waals surface area contributed by atoms with Gasteiger partial charge in [0.2, 0.25) is 15.9 Å². The first-order valence-electron chi connectivity index (χ1n) is 6.39. The molecular weight excluding hydrogens is 302 g/mol. The highest BCUT2D eigenvalue weighted by molar-refractivity contribution is 7.89. The van der Waals surface area contributed by atoms with Gasteiger partial charge < -0.3 is 4.90 Å². The summed E-state index contributed by atoms with van der Waals surface area (Å²) in [6, 6.07) is 2.92. The van der Waals surface area contributed by atoms with E-state index in [1.807, 2.05) is 0 Å². The molecule has 2 heterocycles. The van der Waals surface area contributed by atoms with Crippen molar-refractivity contribution in [1.82, 2.24) is 14.6 Å². The topological polar surface area (TPSA) is 79.4 Å². The van der Waals surface area contributed by atoms with Crippen molar-refractivity contribution in [1.29, 1.82) is 0 Å². The standard InChI is InChI=1S/C12H16ClN3O3S/c13-12-10(4-1-6-14-12)20(18,19)15-7-3-9-16-8-2-5-11(16)17/h1,4,6,15H,2-3,5,7-9H2. The quantitative estimate of drug-likeness (QED) is 0.627. The van der Waals surface area contributed by atoms with Gasteiger partial charge in [0.1, 0.15) is 10.0 Å². The Labute approximate surface area is 123 Å². The van der Waals surface area contributed by atoms with Gasteiger partial charge in [-0.25, -0.2) is 18.1 Å². The van der Waals surface area contributed by atoms with Gasteiger partial charge in [-0.1, -0.05) is 11.6 Å². The van der Waals surface area contributed by atoms with E-state index in [9.17, 15) is 13.2 Å². The molecular formula is C12H16ClN3O3S. The Balaban J connectivity index is 1.84. The highest BCUT2D eigenvalue weighted by Gasteiger charge is 2.20. The maximum Gasteiger partial charge on any atom is 0.243 e. The van der Waals surface area contributed by atoms with E-state index >= 15 is 0 Å². The average Bonchev–Trinajstić information content (AvgIpc) is 2.81. The van der Waals surface area contributed by atoms with Gasteiger partial charge in [0, 0.05) is 32.3 Å². The number of amides is 1. The normalized spacial score (nSPS) is 15.8. The second-order valence-electron chi connectivity index (χ2n) is 4.53. The summed E-state index contributed by atoms with van der Waals surface area (Å²) in [6.45, 7) is 1.60. The van der Waals surface area contributed by atoms with E-state index in [2.05, 4.69) is 9.71 Å². The highest BCUT2D eigenvalue weighted by Crippen LogP contribution is 2.17. The molecule has 1 fully saturated rings. The van der Waals surface area contributed by atoms with Crippen LogP contribution in [0.3, 0.4) is 0 Å². The monoisotopic (exact) mass is 317 g/mol. The van der Waals surface area contributed by atoms with Gasteiger partial charge in [-0.05, 0) is 25.0 Å². The number of hydrogen-bond acceptors (Lipinski definition) is 4. The van der Waals surface area contributed by atoms with Crippen LogP contribution < -0.4 is 4.72 Å². The van der Waals surface area contributed by atoms with Crippen LogP contribution in [0.1, 0.15) is 19.3 Å². The average molecular weight is 318 g/mol. The number of carbonyl (C=O) groups is 1. The SMILES string of the molecule is O=C1CCCN1CCCNS(=O)(=O)c1cccnc1Cl. The number of sulfonamides is 1. The molecule has 8 heteroatoms. The molecule has 0 spiro atoms. The lowest BCUT2D eigenvalue weighted by Crippen LogP contribution is -2.30. The minimum Gasteiger partial charge on any atom is -0.343 e. The van der Waals surface area contributed by atoms with Crippen LogP contribution in [0.15, 0.2) is 23.2 Å². The van der Waals surface area contributed by atoms with E-state index in [4.69, 9.17) is 11.6 Å². The summed E-state index contributed by atoms with van der Waals surface area (Å²) < 4.78 is 26.5. The maximum atomic E-state index is 12.0. The van der Waals surface area contributed by atoms with Gasteiger partial charge in [0.25, 0.3) is 0 Å². The Morgan fingerprint density at radius 3 is 2.90 bits per heavy atom. The van der Waals surface area contributed by atoms with Crippen LogP contribution >= 0.6 is 11.6 Å². The van der Waals surface area contributed by atoms with Crippen LogP contribution in [-0.4, -0.2) is 43.8 Å². The van der Waals surface area contributed by atoms with Crippen molar-refractivity contribution in [2.24, 2.45) is 0 Å². The van der Waals surface area contributed by atoms with Crippen molar-refractivity contribution in [2.45, 2.75) is 24.2 Å². The summed E-state index contributed by atoms with van der Waals surface area (Å²) in [5.41, 5.74) is 0. The summed E-state index contributed by atoms with van der Waals surface area (Å²) in [6.07, 6.45) is 3.48. The number of nitrogens with one attached hydrogen (secondary N) is 1. The predicted molar refractivity (Wildman–Crippen MR) is 74.9 cm³/mol. The Kier molecular flexibility index (Phi) is 4.95. The van der Waals surface area contributed by atoms with Gasteiger partial charge in [-0.2, -0.15) is 0 Å². The molecule has 6 nitrogen and oxygen atoms in total. The van der Waals surface area contributed by atoms with E-state index in [0.717, 1.165) is 13.0 Å². The third-order valence-electron chi connectivity index (χ3n) is 3.08. The minimum atomic E-state index is -3.65. The fraction of sp³-hybridized carbons (Fsp3) is 0.500. The fourth-order valence-corrected chi connectivity index (χ4v) is 3.59. The fourth-order valence-electron chi connectivity index (χ4n) is 2.07. The van der Waals surface area contributed by atoms with Crippen molar-refractivity contribution < 1.29 is 13.2 Å². The third-order valence-corrected chi connectivity index (χ3v) is 4.99. The second kappa shape index (κ2) is 6.51. The summed E-state index contributed by atoms with van der Waals surface area (Å²) in [4.78, 5) is 16.9. The molecule has 1 aliphatic rings. The minimum absolute atomic E-state index is 0.0288. The van der Waals surface area contributed by atoms with Crippen LogP contribution in [-0.2, 0) is 14.8 Å². The summed E-state index contributed by atoms with van der Waals surface area (Å²) in [5, 5.41) is -0.0466. The Morgan fingerprint density at radius 1 is 1.45 bits per heavy atom. The van der Waals surface area contributed by atoms with Crippen molar-refractivity contribution >= 4 is 27.5 Å². The van der Waals surface area contributed by atoms with E-state index in [0.29, 0.717) is 19.4 Å². The number of hydrogen-bond donors (Lipinski definition) is 1. The van der Waals surface area contributed by atoms with Gasteiger partial charge in [-0.15, -0.1) is 0 Å². The second-order valence-corrected chi connectivity index (χ2v) is 6.62. The lowest BCUT2D eigenvalue weighted by atomic mass is 10.4. The number of rotatable bonds is 6. The molecule has 0 aromatic carbocycles.